The number of ether oxygens (including phenoxy) is 1. The molecule has 124 valence electrons. The number of rotatable bonds is 4. The summed E-state index contributed by atoms with van der Waals surface area (Å²) in [6.07, 6.45) is 1.09. The molecule has 8 heteroatoms. The van der Waals surface area contributed by atoms with Crippen molar-refractivity contribution in [1.29, 1.82) is 5.26 Å². The van der Waals surface area contributed by atoms with Crippen LogP contribution in [0.25, 0.3) is 5.65 Å². The molecule has 0 saturated carbocycles. The van der Waals surface area contributed by atoms with E-state index in [-0.39, 0.29) is 12.2 Å². The summed E-state index contributed by atoms with van der Waals surface area (Å²) in [4.78, 5) is 15.9. The van der Waals surface area contributed by atoms with Gasteiger partial charge in [0, 0.05) is 6.20 Å². The van der Waals surface area contributed by atoms with Crippen LogP contribution < -0.4 is 0 Å². The maximum Gasteiger partial charge on any atom is 0.311 e. The molecule has 0 saturated heterocycles. The van der Waals surface area contributed by atoms with Crippen molar-refractivity contribution in [1.82, 2.24) is 9.38 Å². The molecule has 0 aliphatic heterocycles. The van der Waals surface area contributed by atoms with Gasteiger partial charge in [0.1, 0.15) is 11.5 Å². The van der Waals surface area contributed by atoms with Gasteiger partial charge in [-0.15, -0.1) is 10.2 Å². The van der Waals surface area contributed by atoms with Gasteiger partial charge in [0.15, 0.2) is 5.82 Å². The van der Waals surface area contributed by atoms with Crippen LogP contribution in [0.2, 0.25) is 0 Å². The predicted molar refractivity (Wildman–Crippen MR) is 86.2 cm³/mol. The summed E-state index contributed by atoms with van der Waals surface area (Å²) in [7, 11) is 1.27. The average Bonchev–Trinajstić information content (AvgIpc) is 2.96. The molecule has 0 aliphatic carbocycles. The third kappa shape index (κ3) is 3.50. The molecular formula is C17H12FN5O2. The summed E-state index contributed by atoms with van der Waals surface area (Å²) in [6.45, 7) is 0. The van der Waals surface area contributed by atoms with Crippen molar-refractivity contribution in [3.63, 3.8) is 0 Å². The monoisotopic (exact) mass is 337 g/mol. The number of hydrogen-bond acceptors (Lipinski definition) is 6. The van der Waals surface area contributed by atoms with Crippen molar-refractivity contribution < 1.29 is 13.9 Å². The Labute approximate surface area is 142 Å². The van der Waals surface area contributed by atoms with Gasteiger partial charge >= 0.3 is 5.97 Å². The first-order chi connectivity index (χ1) is 12.1. The van der Waals surface area contributed by atoms with Gasteiger partial charge in [-0.1, -0.05) is 6.07 Å². The van der Waals surface area contributed by atoms with Gasteiger partial charge in [0.05, 0.1) is 36.5 Å². The zero-order valence-electron chi connectivity index (χ0n) is 13.2. The molecule has 1 aromatic carbocycles. The molecule has 0 aliphatic rings. The second kappa shape index (κ2) is 6.88. The van der Waals surface area contributed by atoms with E-state index in [0.29, 0.717) is 22.6 Å². The van der Waals surface area contributed by atoms with E-state index < -0.39 is 11.8 Å². The Morgan fingerprint density at radius 2 is 2.20 bits per heavy atom. The molecule has 2 aromatic heterocycles. The highest BCUT2D eigenvalue weighted by molar-refractivity contribution is 5.74. The van der Waals surface area contributed by atoms with Gasteiger partial charge in [-0.25, -0.2) is 9.37 Å². The number of nitrogens with zero attached hydrogens (tertiary/aromatic N) is 5. The van der Waals surface area contributed by atoms with Gasteiger partial charge in [0.2, 0.25) is 0 Å². The highest BCUT2D eigenvalue weighted by Crippen LogP contribution is 2.25. The van der Waals surface area contributed by atoms with Gasteiger partial charge in [-0.05, 0) is 30.3 Å². The van der Waals surface area contributed by atoms with Gasteiger partial charge in [-0.2, -0.15) is 5.26 Å². The lowest BCUT2D eigenvalue weighted by atomic mass is 10.2. The van der Waals surface area contributed by atoms with E-state index in [9.17, 15) is 9.18 Å². The van der Waals surface area contributed by atoms with Crippen LogP contribution in [0.3, 0.4) is 0 Å². The zero-order chi connectivity index (χ0) is 17.8. The lowest BCUT2D eigenvalue weighted by Gasteiger charge is -1.99. The highest BCUT2D eigenvalue weighted by atomic mass is 19.1. The molecule has 0 amide bonds. The fourth-order valence-electron chi connectivity index (χ4n) is 2.23. The van der Waals surface area contributed by atoms with Crippen LogP contribution in [0.15, 0.2) is 52.8 Å². The normalized spacial score (nSPS) is 10.9. The van der Waals surface area contributed by atoms with E-state index in [1.165, 1.54) is 29.8 Å². The van der Waals surface area contributed by atoms with E-state index in [0.717, 1.165) is 0 Å². The third-order valence-corrected chi connectivity index (χ3v) is 3.40. The minimum Gasteiger partial charge on any atom is -0.469 e. The van der Waals surface area contributed by atoms with Crippen molar-refractivity contribution in [2.45, 2.75) is 6.42 Å². The zero-order valence-corrected chi connectivity index (χ0v) is 13.2. The van der Waals surface area contributed by atoms with Crippen LogP contribution in [0.4, 0.5) is 15.9 Å². The number of esters is 1. The maximum absolute atomic E-state index is 13.6. The van der Waals surface area contributed by atoms with E-state index in [2.05, 4.69) is 19.9 Å². The Morgan fingerprint density at radius 1 is 1.36 bits per heavy atom. The smallest absolute Gasteiger partial charge is 0.311 e. The Balaban J connectivity index is 2.07. The molecule has 7 nitrogen and oxygen atoms in total. The van der Waals surface area contributed by atoms with Crippen molar-refractivity contribution >= 4 is 23.1 Å². The number of hydrogen-bond donors (Lipinski definition) is 0. The number of azo groups is 1. The van der Waals surface area contributed by atoms with Crippen LogP contribution in [0.1, 0.15) is 11.3 Å². The second-order valence-corrected chi connectivity index (χ2v) is 5.07. The number of nitriles is 1. The predicted octanol–water partition coefficient (Wildman–Crippen LogP) is 3.48. The number of imidazole rings is 1. The molecule has 0 radical (unpaired) electrons. The first-order valence-electron chi connectivity index (χ1n) is 7.26. The Morgan fingerprint density at radius 3 is 2.96 bits per heavy atom. The molecule has 0 atom stereocenters. The van der Waals surface area contributed by atoms with E-state index in [1.54, 1.807) is 24.3 Å². The lowest BCUT2D eigenvalue weighted by molar-refractivity contribution is -0.139. The van der Waals surface area contributed by atoms with Crippen LogP contribution in [-0.2, 0) is 16.0 Å². The van der Waals surface area contributed by atoms with Crippen LogP contribution >= 0.6 is 0 Å². The quantitative estimate of drug-likeness (QED) is 0.538. The van der Waals surface area contributed by atoms with Crippen LogP contribution in [0, 0.1) is 17.1 Å². The van der Waals surface area contributed by atoms with Crippen molar-refractivity contribution in [3.8, 4) is 6.07 Å². The van der Waals surface area contributed by atoms with Gasteiger partial charge in [0.25, 0.3) is 0 Å². The Bertz CT molecular complexity index is 1020. The van der Waals surface area contributed by atoms with Gasteiger partial charge in [-0.3, -0.25) is 9.20 Å². The molecule has 0 bridgehead atoms. The molecule has 3 aromatic rings. The maximum atomic E-state index is 13.6. The van der Waals surface area contributed by atoms with Gasteiger partial charge < -0.3 is 4.74 Å². The molecular weight excluding hydrogens is 325 g/mol. The molecule has 0 fully saturated rings. The van der Waals surface area contributed by atoms with E-state index in [1.807, 2.05) is 6.07 Å². The minimum atomic E-state index is -0.494. The summed E-state index contributed by atoms with van der Waals surface area (Å²) in [5.41, 5.74) is 1.64. The van der Waals surface area contributed by atoms with Crippen molar-refractivity contribution in [2.24, 2.45) is 10.2 Å². The van der Waals surface area contributed by atoms with Crippen molar-refractivity contribution in [3.05, 3.63) is 59.7 Å². The summed E-state index contributed by atoms with van der Waals surface area (Å²) in [6, 6.07) is 11.3. The molecule has 0 N–H and O–H groups in total. The number of halogens is 1. The molecule has 0 spiro atoms. The standard InChI is InChI=1S/C17H12FN5O2/c1-25-16(24)8-14-17(23-10-12(18)5-6-15(23)20-14)22-21-13-4-2-3-11(7-13)9-19/h2-7,10H,8H2,1H3. The number of carbonyl (C=O) groups excluding carboxylic acids is 1. The number of methoxy groups -OCH3 is 1. The fraction of sp³-hybridized carbons (Fsp3) is 0.118. The van der Waals surface area contributed by atoms with Crippen molar-refractivity contribution in [2.75, 3.05) is 7.11 Å². The number of fused-ring (bicyclic) bond motifs is 1. The highest BCUT2D eigenvalue weighted by Gasteiger charge is 2.16. The third-order valence-electron chi connectivity index (χ3n) is 3.40. The van der Waals surface area contributed by atoms with E-state index in [4.69, 9.17) is 5.26 Å². The second-order valence-electron chi connectivity index (χ2n) is 5.07. The lowest BCUT2D eigenvalue weighted by Crippen LogP contribution is -2.04. The Hall–Kier alpha value is -3.60. The molecule has 3 rings (SSSR count). The largest absolute Gasteiger partial charge is 0.469 e. The molecule has 0 unspecified atom stereocenters. The van der Waals surface area contributed by atoms with Crippen LogP contribution in [-0.4, -0.2) is 22.5 Å². The number of benzene rings is 1. The number of aromatic nitrogens is 2. The summed E-state index contributed by atoms with van der Waals surface area (Å²) >= 11 is 0. The SMILES string of the molecule is COC(=O)Cc1nc2ccc(F)cn2c1N=Nc1cccc(C#N)c1. The van der Waals surface area contributed by atoms with Crippen LogP contribution in [0.5, 0.6) is 0 Å². The number of pyridine rings is 1. The first kappa shape index (κ1) is 16.3. The summed E-state index contributed by atoms with van der Waals surface area (Å²) in [5, 5.41) is 17.1. The number of carbonyl (C=O) groups is 1. The molecule has 25 heavy (non-hydrogen) atoms. The summed E-state index contributed by atoms with van der Waals surface area (Å²) in [5.74, 6) is -0.744. The Kier molecular flexibility index (Phi) is 4.48. The first-order valence-corrected chi connectivity index (χ1v) is 7.26. The topological polar surface area (TPSA) is 92.1 Å². The minimum absolute atomic E-state index is 0.119. The molecule has 2 heterocycles. The average molecular weight is 337 g/mol. The summed E-state index contributed by atoms with van der Waals surface area (Å²) < 4.78 is 19.6. The fourth-order valence-corrected chi connectivity index (χ4v) is 2.23. The van der Waals surface area contributed by atoms with E-state index >= 15 is 0 Å².